The van der Waals surface area contributed by atoms with E-state index in [-0.39, 0.29) is 12.5 Å². The van der Waals surface area contributed by atoms with Crippen LogP contribution in [-0.2, 0) is 16.1 Å². The summed E-state index contributed by atoms with van der Waals surface area (Å²) in [5, 5.41) is 12.1. The van der Waals surface area contributed by atoms with Crippen molar-refractivity contribution in [3.05, 3.63) is 23.8 Å². The Morgan fingerprint density at radius 1 is 1.38 bits per heavy atom. The molecule has 0 aliphatic heterocycles. The Bertz CT molecular complexity index is 450. The summed E-state index contributed by atoms with van der Waals surface area (Å²) in [6.07, 6.45) is 0.0840. The van der Waals surface area contributed by atoms with E-state index in [1.165, 1.54) is 0 Å². The van der Waals surface area contributed by atoms with Crippen LogP contribution in [0.3, 0.4) is 0 Å². The second-order valence-electron chi connectivity index (χ2n) is 4.53. The van der Waals surface area contributed by atoms with Gasteiger partial charge in [0.2, 0.25) is 0 Å². The van der Waals surface area contributed by atoms with Crippen LogP contribution >= 0.6 is 0 Å². The first-order chi connectivity index (χ1) is 10.1. The van der Waals surface area contributed by atoms with E-state index in [0.29, 0.717) is 30.2 Å². The van der Waals surface area contributed by atoms with Crippen molar-refractivity contribution < 1.29 is 24.1 Å². The number of carbonyl (C=O) groups is 1. The Morgan fingerprint density at radius 2 is 2.14 bits per heavy atom. The molecule has 0 heterocycles. The Balaban J connectivity index is 2.60. The first-order valence-electron chi connectivity index (χ1n) is 6.83. The maximum absolute atomic E-state index is 11.9. The molecule has 1 atom stereocenters. The van der Waals surface area contributed by atoms with E-state index >= 15 is 0 Å². The van der Waals surface area contributed by atoms with Gasteiger partial charge < -0.3 is 24.6 Å². The average molecular weight is 297 g/mol. The van der Waals surface area contributed by atoms with Gasteiger partial charge in [-0.3, -0.25) is 4.79 Å². The average Bonchev–Trinajstić information content (AvgIpc) is 2.51. The number of benzene rings is 1. The molecular weight excluding hydrogens is 274 g/mol. The number of aliphatic hydroxyl groups is 1. The minimum atomic E-state index is -0.662. The van der Waals surface area contributed by atoms with Crippen LogP contribution in [0.4, 0.5) is 0 Å². The molecule has 21 heavy (non-hydrogen) atoms. The molecule has 1 unspecified atom stereocenters. The molecule has 1 aromatic carbocycles. The summed E-state index contributed by atoms with van der Waals surface area (Å²) in [5.41, 5.74) is 0.606. The van der Waals surface area contributed by atoms with E-state index < -0.39 is 6.10 Å². The number of hydrogen-bond acceptors (Lipinski definition) is 5. The van der Waals surface area contributed by atoms with Crippen molar-refractivity contribution in [2.45, 2.75) is 26.1 Å². The van der Waals surface area contributed by atoms with Gasteiger partial charge in [0.15, 0.2) is 6.10 Å². The molecule has 0 saturated heterocycles. The molecule has 0 radical (unpaired) electrons. The smallest absolute Gasteiger partial charge is 0.260 e. The van der Waals surface area contributed by atoms with E-state index in [2.05, 4.69) is 5.32 Å². The summed E-state index contributed by atoms with van der Waals surface area (Å²) >= 11 is 0. The predicted molar refractivity (Wildman–Crippen MR) is 78.5 cm³/mol. The van der Waals surface area contributed by atoms with Crippen LogP contribution in [0.2, 0.25) is 0 Å². The lowest BCUT2D eigenvalue weighted by Crippen LogP contribution is -2.37. The maximum atomic E-state index is 11.9. The number of rotatable bonds is 9. The van der Waals surface area contributed by atoms with Crippen LogP contribution < -0.4 is 14.8 Å². The molecule has 0 aromatic heterocycles. The molecule has 1 amide bonds. The van der Waals surface area contributed by atoms with Gasteiger partial charge in [0.25, 0.3) is 5.91 Å². The summed E-state index contributed by atoms with van der Waals surface area (Å²) in [5.74, 6) is 0.837. The minimum Gasteiger partial charge on any atom is -0.497 e. The third-order valence-electron chi connectivity index (χ3n) is 2.94. The zero-order chi connectivity index (χ0) is 15.7. The highest BCUT2D eigenvalue weighted by Crippen LogP contribution is 2.25. The Labute approximate surface area is 125 Å². The van der Waals surface area contributed by atoms with E-state index in [1.807, 2.05) is 0 Å². The lowest BCUT2D eigenvalue weighted by atomic mass is 10.2. The molecule has 0 aliphatic rings. The van der Waals surface area contributed by atoms with Crippen LogP contribution in [0, 0.1) is 0 Å². The van der Waals surface area contributed by atoms with Crippen LogP contribution in [0.25, 0.3) is 0 Å². The monoisotopic (exact) mass is 297 g/mol. The van der Waals surface area contributed by atoms with E-state index in [0.717, 1.165) is 6.42 Å². The fourth-order valence-electron chi connectivity index (χ4n) is 1.72. The van der Waals surface area contributed by atoms with E-state index in [9.17, 15) is 9.90 Å². The van der Waals surface area contributed by atoms with Gasteiger partial charge in [-0.15, -0.1) is 0 Å². The topological polar surface area (TPSA) is 77.0 Å². The van der Waals surface area contributed by atoms with Gasteiger partial charge in [-0.05, 0) is 25.5 Å². The van der Waals surface area contributed by atoms with Crippen LogP contribution in [0.1, 0.15) is 18.9 Å². The fraction of sp³-hybridized carbons (Fsp3) is 0.533. The molecular formula is C15H23NO5. The van der Waals surface area contributed by atoms with Crippen molar-refractivity contribution in [3.63, 3.8) is 0 Å². The molecule has 1 rings (SSSR count). The Hall–Kier alpha value is -1.79. The van der Waals surface area contributed by atoms with Crippen LogP contribution in [-0.4, -0.2) is 44.5 Å². The molecule has 0 saturated carbocycles. The Kier molecular flexibility index (Phi) is 7.56. The highest BCUT2D eigenvalue weighted by atomic mass is 16.5. The molecule has 6 heteroatoms. The molecule has 118 valence electrons. The molecule has 6 nitrogen and oxygen atoms in total. The second kappa shape index (κ2) is 9.20. The number of amides is 1. The minimum absolute atomic E-state index is 0.165. The maximum Gasteiger partial charge on any atom is 0.260 e. The summed E-state index contributed by atoms with van der Waals surface area (Å²) in [6.45, 7) is 2.62. The first-order valence-corrected chi connectivity index (χ1v) is 6.83. The van der Waals surface area contributed by atoms with Gasteiger partial charge in [-0.2, -0.15) is 0 Å². The third kappa shape index (κ3) is 5.61. The van der Waals surface area contributed by atoms with Gasteiger partial charge in [-0.1, -0.05) is 0 Å². The predicted octanol–water partition coefficient (Wildman–Crippen LogP) is 1.11. The lowest BCUT2D eigenvalue weighted by Gasteiger charge is -2.17. The zero-order valence-electron chi connectivity index (χ0n) is 12.7. The van der Waals surface area contributed by atoms with Crippen molar-refractivity contribution in [2.75, 3.05) is 27.4 Å². The van der Waals surface area contributed by atoms with Crippen molar-refractivity contribution in [1.29, 1.82) is 0 Å². The molecule has 0 spiro atoms. The summed E-state index contributed by atoms with van der Waals surface area (Å²) in [6, 6.07) is 5.09. The van der Waals surface area contributed by atoms with E-state index in [4.69, 9.17) is 14.2 Å². The standard InChI is InChI=1S/C15H23NO5/c1-11(15(18)16-7-4-8-19-2)21-14-9-13(20-3)6-5-12(14)10-17/h5-6,9,11,17H,4,7-8,10H2,1-3H3,(H,16,18). The lowest BCUT2D eigenvalue weighted by molar-refractivity contribution is -0.127. The number of ether oxygens (including phenoxy) is 3. The summed E-state index contributed by atoms with van der Waals surface area (Å²) in [7, 11) is 3.16. The fourth-order valence-corrected chi connectivity index (χ4v) is 1.72. The van der Waals surface area contributed by atoms with Gasteiger partial charge in [0, 0.05) is 31.9 Å². The zero-order valence-corrected chi connectivity index (χ0v) is 12.7. The van der Waals surface area contributed by atoms with Gasteiger partial charge in [0.1, 0.15) is 11.5 Å². The molecule has 2 N–H and O–H groups in total. The highest BCUT2D eigenvalue weighted by molar-refractivity contribution is 5.80. The van der Waals surface area contributed by atoms with Crippen LogP contribution in [0.5, 0.6) is 11.5 Å². The number of aliphatic hydroxyl groups excluding tert-OH is 1. The van der Waals surface area contributed by atoms with E-state index in [1.54, 1.807) is 39.3 Å². The molecule has 1 aromatic rings. The van der Waals surface area contributed by atoms with Crippen LogP contribution in [0.15, 0.2) is 18.2 Å². The van der Waals surface area contributed by atoms with Crippen molar-refractivity contribution in [1.82, 2.24) is 5.32 Å². The van der Waals surface area contributed by atoms with Gasteiger partial charge in [0.05, 0.1) is 13.7 Å². The summed E-state index contributed by atoms with van der Waals surface area (Å²) < 4.78 is 15.6. The third-order valence-corrected chi connectivity index (χ3v) is 2.94. The summed E-state index contributed by atoms with van der Waals surface area (Å²) in [4.78, 5) is 11.9. The van der Waals surface area contributed by atoms with Gasteiger partial charge in [-0.25, -0.2) is 0 Å². The van der Waals surface area contributed by atoms with Crippen molar-refractivity contribution in [3.8, 4) is 11.5 Å². The molecule has 0 aliphatic carbocycles. The van der Waals surface area contributed by atoms with Crippen molar-refractivity contribution in [2.24, 2.45) is 0 Å². The largest absolute Gasteiger partial charge is 0.497 e. The quantitative estimate of drug-likeness (QED) is 0.668. The molecule has 0 fully saturated rings. The normalized spacial score (nSPS) is 11.8. The SMILES string of the molecule is COCCCNC(=O)C(C)Oc1cc(OC)ccc1CO. The second-order valence-corrected chi connectivity index (χ2v) is 4.53. The first kappa shape index (κ1) is 17.3. The van der Waals surface area contributed by atoms with Crippen molar-refractivity contribution >= 4 is 5.91 Å². The number of hydrogen-bond donors (Lipinski definition) is 2. The number of methoxy groups -OCH3 is 2. The molecule has 0 bridgehead atoms. The number of carbonyl (C=O) groups excluding carboxylic acids is 1. The number of nitrogens with one attached hydrogen (secondary N) is 1. The Morgan fingerprint density at radius 3 is 2.76 bits per heavy atom. The highest BCUT2D eigenvalue weighted by Gasteiger charge is 2.16. The van der Waals surface area contributed by atoms with Gasteiger partial charge >= 0.3 is 0 Å².